The number of carbonyl (C=O) groups excluding carboxylic acids is 2. The first kappa shape index (κ1) is 24.0. The molecule has 1 saturated carbocycles. The van der Waals surface area contributed by atoms with Crippen molar-refractivity contribution in [3.63, 3.8) is 0 Å². The normalized spacial score (nSPS) is 22.0. The Labute approximate surface area is 173 Å². The molecule has 0 aliphatic heterocycles. The van der Waals surface area contributed by atoms with Gasteiger partial charge in [0.15, 0.2) is 6.10 Å². The first-order valence-corrected chi connectivity index (χ1v) is 9.79. The van der Waals surface area contributed by atoms with Gasteiger partial charge >= 0.3 is 18.3 Å². The van der Waals surface area contributed by atoms with Gasteiger partial charge < -0.3 is 19.3 Å². The van der Waals surface area contributed by atoms with Crippen LogP contribution in [0.1, 0.15) is 46.1 Å². The van der Waals surface area contributed by atoms with Crippen molar-refractivity contribution in [2.24, 2.45) is 11.3 Å². The summed E-state index contributed by atoms with van der Waals surface area (Å²) in [6.07, 6.45) is -6.10. The van der Waals surface area contributed by atoms with Crippen LogP contribution in [0.2, 0.25) is 0 Å². The summed E-state index contributed by atoms with van der Waals surface area (Å²) in [4.78, 5) is 24.9. The number of hydrogen-bond donors (Lipinski definition) is 1. The van der Waals surface area contributed by atoms with Crippen LogP contribution in [0.25, 0.3) is 0 Å². The molecule has 0 bridgehead atoms. The van der Waals surface area contributed by atoms with Crippen LogP contribution in [-0.4, -0.2) is 41.7 Å². The first-order valence-electron chi connectivity index (χ1n) is 9.79. The largest absolute Gasteiger partial charge is 0.573 e. The smallest absolute Gasteiger partial charge is 0.462 e. The minimum atomic E-state index is -4.76. The molecule has 0 spiro atoms. The molecule has 1 N–H and O–H groups in total. The van der Waals surface area contributed by atoms with Gasteiger partial charge in [-0.05, 0) is 70.6 Å². The molecular weight excluding hydrogens is 405 g/mol. The van der Waals surface area contributed by atoms with Gasteiger partial charge in [0, 0.05) is 0 Å². The van der Waals surface area contributed by atoms with Crippen molar-refractivity contribution in [1.82, 2.24) is 0 Å². The fraction of sp³-hybridized carbons (Fsp3) is 0.619. The van der Waals surface area contributed by atoms with Crippen LogP contribution in [0.15, 0.2) is 24.3 Å². The molecule has 1 aliphatic rings. The van der Waals surface area contributed by atoms with E-state index in [-0.39, 0.29) is 18.1 Å². The zero-order chi connectivity index (χ0) is 22.7. The van der Waals surface area contributed by atoms with Gasteiger partial charge in [0.05, 0.1) is 12.2 Å². The Balaban J connectivity index is 2.05. The van der Waals surface area contributed by atoms with Gasteiger partial charge in [0.2, 0.25) is 0 Å². The summed E-state index contributed by atoms with van der Waals surface area (Å²) in [6.45, 7) is 6.62. The third-order valence-corrected chi connectivity index (χ3v) is 4.88. The second kappa shape index (κ2) is 9.24. The zero-order valence-electron chi connectivity index (χ0n) is 17.4. The van der Waals surface area contributed by atoms with Gasteiger partial charge in [-0.25, -0.2) is 4.79 Å². The van der Waals surface area contributed by atoms with Crippen molar-refractivity contribution in [2.75, 3.05) is 0 Å². The van der Waals surface area contributed by atoms with Crippen LogP contribution in [-0.2, 0) is 25.5 Å². The number of esters is 2. The fourth-order valence-electron chi connectivity index (χ4n) is 3.43. The van der Waals surface area contributed by atoms with Crippen LogP contribution in [0, 0.1) is 11.3 Å². The van der Waals surface area contributed by atoms with E-state index in [4.69, 9.17) is 9.47 Å². The van der Waals surface area contributed by atoms with Gasteiger partial charge in [-0.1, -0.05) is 12.1 Å². The summed E-state index contributed by atoms with van der Waals surface area (Å²) < 4.78 is 50.9. The lowest BCUT2D eigenvalue weighted by Gasteiger charge is -2.23. The molecule has 0 saturated heterocycles. The SMILES string of the molecule is CC(C)OC(=O)[C@@H](O)C1(C(=O)OC(C)C)CC1CCc1ccc(OC(F)(F)F)cc1. The number of hydrogen-bond acceptors (Lipinski definition) is 6. The minimum absolute atomic E-state index is 0.266. The maximum Gasteiger partial charge on any atom is 0.573 e. The molecule has 0 radical (unpaired) electrons. The molecule has 2 unspecified atom stereocenters. The predicted molar refractivity (Wildman–Crippen MR) is 100 cm³/mol. The van der Waals surface area contributed by atoms with E-state index in [2.05, 4.69) is 4.74 Å². The van der Waals surface area contributed by atoms with Crippen LogP contribution in [0.5, 0.6) is 5.75 Å². The minimum Gasteiger partial charge on any atom is -0.462 e. The molecule has 1 aliphatic carbocycles. The standard InChI is InChI=1S/C21H27F3O6/c1-12(2)28-18(26)17(25)20(19(27)29-13(3)4)11-15(20)8-5-14-6-9-16(10-7-14)30-21(22,23)24/h6-7,9-10,12-13,15,17,25H,5,8,11H2,1-4H3/t15?,17-,20?/m1/s1. The summed E-state index contributed by atoms with van der Waals surface area (Å²) in [7, 11) is 0. The van der Waals surface area contributed by atoms with E-state index in [1.54, 1.807) is 27.7 Å². The van der Waals surface area contributed by atoms with E-state index in [1.165, 1.54) is 24.3 Å². The molecule has 0 aromatic heterocycles. The van der Waals surface area contributed by atoms with Crippen molar-refractivity contribution >= 4 is 11.9 Å². The lowest BCUT2D eigenvalue weighted by molar-refractivity contribution is -0.274. The lowest BCUT2D eigenvalue weighted by atomic mass is 9.93. The molecule has 6 nitrogen and oxygen atoms in total. The summed E-state index contributed by atoms with van der Waals surface area (Å²) in [6, 6.07) is 5.43. The average Bonchev–Trinajstić information content (AvgIpc) is 3.33. The highest BCUT2D eigenvalue weighted by Crippen LogP contribution is 2.58. The molecule has 1 fully saturated rings. The highest BCUT2D eigenvalue weighted by molar-refractivity contribution is 5.90. The molecule has 168 valence electrons. The lowest BCUT2D eigenvalue weighted by Crippen LogP contribution is -2.42. The van der Waals surface area contributed by atoms with Crippen molar-refractivity contribution in [2.45, 2.75) is 71.6 Å². The van der Waals surface area contributed by atoms with Crippen molar-refractivity contribution in [1.29, 1.82) is 0 Å². The Hall–Kier alpha value is -2.29. The molecule has 9 heteroatoms. The van der Waals surface area contributed by atoms with E-state index in [9.17, 15) is 27.9 Å². The number of aliphatic hydroxyl groups is 1. The van der Waals surface area contributed by atoms with Crippen molar-refractivity contribution in [3.8, 4) is 5.75 Å². The van der Waals surface area contributed by atoms with E-state index < -0.39 is 42.0 Å². The highest BCUT2D eigenvalue weighted by Gasteiger charge is 2.67. The molecule has 3 atom stereocenters. The van der Waals surface area contributed by atoms with E-state index in [0.29, 0.717) is 12.8 Å². The van der Waals surface area contributed by atoms with Gasteiger partial charge in [0.25, 0.3) is 0 Å². The molecule has 1 aromatic rings. The number of ether oxygens (including phenoxy) is 3. The van der Waals surface area contributed by atoms with Crippen LogP contribution >= 0.6 is 0 Å². The van der Waals surface area contributed by atoms with Crippen LogP contribution < -0.4 is 4.74 Å². The molecule has 1 aromatic carbocycles. The quantitative estimate of drug-likeness (QED) is 0.598. The maximum atomic E-state index is 12.7. The summed E-state index contributed by atoms with van der Waals surface area (Å²) in [5, 5.41) is 10.6. The van der Waals surface area contributed by atoms with Crippen LogP contribution in [0.3, 0.4) is 0 Å². The fourth-order valence-corrected chi connectivity index (χ4v) is 3.43. The molecule has 0 amide bonds. The predicted octanol–water partition coefficient (Wildman–Crippen LogP) is 3.79. The van der Waals surface area contributed by atoms with Crippen LogP contribution in [0.4, 0.5) is 13.2 Å². The molecule has 30 heavy (non-hydrogen) atoms. The number of benzene rings is 1. The molecule has 0 heterocycles. The van der Waals surface area contributed by atoms with Crippen molar-refractivity contribution in [3.05, 3.63) is 29.8 Å². The average molecular weight is 432 g/mol. The Morgan fingerprint density at radius 2 is 1.67 bits per heavy atom. The van der Waals surface area contributed by atoms with E-state index in [1.807, 2.05) is 0 Å². The number of rotatable bonds is 9. The summed E-state index contributed by atoms with van der Waals surface area (Å²) in [5.41, 5.74) is -0.628. The third kappa shape index (κ3) is 6.10. The number of aryl methyl sites for hydroxylation is 1. The van der Waals surface area contributed by atoms with Gasteiger partial charge in [0.1, 0.15) is 11.2 Å². The molecule has 2 rings (SSSR count). The zero-order valence-corrected chi connectivity index (χ0v) is 17.4. The monoisotopic (exact) mass is 432 g/mol. The van der Waals surface area contributed by atoms with Gasteiger partial charge in [-0.15, -0.1) is 13.2 Å². The summed E-state index contributed by atoms with van der Waals surface area (Å²) >= 11 is 0. The second-order valence-electron chi connectivity index (χ2n) is 8.01. The number of alkyl halides is 3. The number of carbonyl (C=O) groups is 2. The van der Waals surface area contributed by atoms with Crippen molar-refractivity contribution < 1.29 is 42.1 Å². The Bertz CT molecular complexity index is 744. The van der Waals surface area contributed by atoms with E-state index in [0.717, 1.165) is 5.56 Å². The topological polar surface area (TPSA) is 82.1 Å². The maximum absolute atomic E-state index is 12.7. The highest BCUT2D eigenvalue weighted by atomic mass is 19.4. The second-order valence-corrected chi connectivity index (χ2v) is 8.01. The Morgan fingerprint density at radius 3 is 2.17 bits per heavy atom. The first-order chi connectivity index (χ1) is 13.8. The van der Waals surface area contributed by atoms with E-state index >= 15 is 0 Å². The molecular formula is C21H27F3O6. The number of aliphatic hydroxyl groups excluding tert-OH is 1. The Morgan fingerprint density at radius 1 is 1.10 bits per heavy atom. The Kier molecular flexibility index (Phi) is 7.39. The van der Waals surface area contributed by atoms with Gasteiger partial charge in [-0.2, -0.15) is 0 Å². The van der Waals surface area contributed by atoms with Gasteiger partial charge in [-0.3, -0.25) is 4.79 Å². The third-order valence-electron chi connectivity index (χ3n) is 4.88. The summed E-state index contributed by atoms with van der Waals surface area (Å²) in [5.74, 6) is -2.16. The number of halogens is 3.